The van der Waals surface area contributed by atoms with Gasteiger partial charge in [0.1, 0.15) is 5.82 Å². The van der Waals surface area contributed by atoms with E-state index in [4.69, 9.17) is 16.7 Å². The van der Waals surface area contributed by atoms with Crippen LogP contribution in [0.5, 0.6) is 0 Å². The first-order valence-corrected chi connectivity index (χ1v) is 7.34. The molecular formula is C15H17ClN4O3. The summed E-state index contributed by atoms with van der Waals surface area (Å²) in [5.74, 6) is 0.598. The van der Waals surface area contributed by atoms with E-state index in [9.17, 15) is 10.1 Å². The largest absolute Gasteiger partial charge is 0.395 e. The Kier molecular flexibility index (Phi) is 5.72. The monoisotopic (exact) mass is 336 g/mol. The van der Waals surface area contributed by atoms with Crippen LogP contribution in [0, 0.1) is 10.1 Å². The second-order valence-corrected chi connectivity index (χ2v) is 5.37. The van der Waals surface area contributed by atoms with E-state index in [1.165, 1.54) is 12.1 Å². The fourth-order valence-corrected chi connectivity index (χ4v) is 2.25. The summed E-state index contributed by atoms with van der Waals surface area (Å²) in [7, 11) is 1.86. The van der Waals surface area contributed by atoms with E-state index in [1.807, 2.05) is 18.0 Å². The molecule has 0 bridgehead atoms. The summed E-state index contributed by atoms with van der Waals surface area (Å²) in [4.78, 5) is 16.7. The smallest absolute Gasteiger partial charge is 0.274 e. The quantitative estimate of drug-likeness (QED) is 0.596. The van der Waals surface area contributed by atoms with E-state index >= 15 is 0 Å². The fraction of sp³-hybridized carbons (Fsp3) is 0.267. The van der Waals surface area contributed by atoms with Crippen molar-refractivity contribution in [3.8, 4) is 0 Å². The van der Waals surface area contributed by atoms with Crippen LogP contribution in [0.1, 0.15) is 5.56 Å². The van der Waals surface area contributed by atoms with Crippen LogP contribution in [0.3, 0.4) is 0 Å². The molecule has 0 saturated heterocycles. The molecule has 1 aromatic carbocycles. The van der Waals surface area contributed by atoms with Crippen molar-refractivity contribution in [1.29, 1.82) is 0 Å². The Hall–Kier alpha value is -2.38. The average Bonchev–Trinajstić information content (AvgIpc) is 2.53. The van der Waals surface area contributed by atoms with Crippen LogP contribution in [0.2, 0.25) is 5.02 Å². The molecular weight excluding hydrogens is 320 g/mol. The number of aromatic nitrogens is 1. The predicted octanol–water partition coefficient (Wildman–Crippen LogP) is 2.68. The van der Waals surface area contributed by atoms with E-state index in [2.05, 4.69) is 10.3 Å². The van der Waals surface area contributed by atoms with Crippen molar-refractivity contribution in [2.75, 3.05) is 30.4 Å². The molecule has 0 aliphatic rings. The van der Waals surface area contributed by atoms with Gasteiger partial charge in [-0.1, -0.05) is 11.6 Å². The first kappa shape index (κ1) is 17.0. The molecule has 0 radical (unpaired) electrons. The summed E-state index contributed by atoms with van der Waals surface area (Å²) >= 11 is 5.90. The number of nitrogens with one attached hydrogen (secondary N) is 1. The molecule has 7 nitrogen and oxygen atoms in total. The maximum Gasteiger partial charge on any atom is 0.274 e. The highest BCUT2D eigenvalue weighted by atomic mass is 35.5. The summed E-state index contributed by atoms with van der Waals surface area (Å²) in [5, 5.41) is 23.4. The van der Waals surface area contributed by atoms with Crippen molar-refractivity contribution in [1.82, 2.24) is 4.98 Å². The van der Waals surface area contributed by atoms with Crippen LogP contribution < -0.4 is 10.2 Å². The zero-order chi connectivity index (χ0) is 16.8. The standard InChI is InChI=1S/C15H17ClN4O3/c1-19(6-7-21)13-3-5-15(18-10-13)17-9-11-8-12(16)2-4-14(11)20(22)23/h2-5,8,10,21H,6-7,9H2,1H3,(H,17,18). The van der Waals surface area contributed by atoms with Crippen LogP contribution in [0.4, 0.5) is 17.2 Å². The number of aliphatic hydroxyl groups excluding tert-OH is 1. The normalized spacial score (nSPS) is 10.4. The minimum atomic E-state index is -0.437. The lowest BCUT2D eigenvalue weighted by atomic mass is 10.2. The van der Waals surface area contributed by atoms with Crippen LogP contribution in [0.15, 0.2) is 36.5 Å². The number of nitro groups is 1. The number of aliphatic hydroxyl groups is 1. The lowest BCUT2D eigenvalue weighted by Gasteiger charge is -2.17. The van der Waals surface area contributed by atoms with Gasteiger partial charge >= 0.3 is 0 Å². The van der Waals surface area contributed by atoms with E-state index < -0.39 is 4.92 Å². The molecule has 2 N–H and O–H groups in total. The van der Waals surface area contributed by atoms with Gasteiger partial charge in [0.05, 0.1) is 29.0 Å². The van der Waals surface area contributed by atoms with E-state index in [-0.39, 0.29) is 18.8 Å². The molecule has 1 heterocycles. The highest BCUT2D eigenvalue weighted by Crippen LogP contribution is 2.23. The van der Waals surface area contributed by atoms with E-state index in [0.29, 0.717) is 22.9 Å². The van der Waals surface area contributed by atoms with Crippen molar-refractivity contribution in [3.63, 3.8) is 0 Å². The molecule has 8 heteroatoms. The van der Waals surface area contributed by atoms with Crippen molar-refractivity contribution >= 4 is 28.8 Å². The number of halogens is 1. The Morgan fingerprint density at radius 1 is 1.39 bits per heavy atom. The molecule has 0 atom stereocenters. The lowest BCUT2D eigenvalue weighted by molar-refractivity contribution is -0.385. The number of likely N-dealkylation sites (N-methyl/N-ethyl adjacent to an activating group) is 1. The molecule has 0 saturated carbocycles. The molecule has 2 aromatic rings. The molecule has 0 spiro atoms. The van der Waals surface area contributed by atoms with Gasteiger partial charge in [-0.3, -0.25) is 10.1 Å². The first-order valence-electron chi connectivity index (χ1n) is 6.96. The number of hydrogen-bond acceptors (Lipinski definition) is 6. The zero-order valence-electron chi connectivity index (χ0n) is 12.6. The number of benzene rings is 1. The van der Waals surface area contributed by atoms with Gasteiger partial charge < -0.3 is 15.3 Å². The van der Waals surface area contributed by atoms with Gasteiger partial charge in [-0.15, -0.1) is 0 Å². The summed E-state index contributed by atoms with van der Waals surface area (Å²) in [6, 6.07) is 8.08. The number of rotatable bonds is 7. The van der Waals surface area contributed by atoms with Crippen LogP contribution in [0.25, 0.3) is 0 Å². The van der Waals surface area contributed by atoms with Gasteiger partial charge in [0.25, 0.3) is 5.69 Å². The summed E-state index contributed by atoms with van der Waals surface area (Å²) < 4.78 is 0. The topological polar surface area (TPSA) is 91.5 Å². The number of nitrogens with zero attached hydrogens (tertiary/aromatic N) is 3. The molecule has 1 aromatic heterocycles. The third-order valence-corrected chi connectivity index (χ3v) is 3.56. The van der Waals surface area contributed by atoms with Gasteiger partial charge in [0, 0.05) is 31.2 Å². The summed E-state index contributed by atoms with van der Waals surface area (Å²) in [6.07, 6.45) is 1.67. The van der Waals surface area contributed by atoms with E-state index in [0.717, 1.165) is 5.69 Å². The lowest BCUT2D eigenvalue weighted by Crippen LogP contribution is -2.21. The molecule has 23 heavy (non-hydrogen) atoms. The third kappa shape index (κ3) is 4.54. The maximum absolute atomic E-state index is 11.0. The van der Waals surface area contributed by atoms with Crippen molar-refractivity contribution in [2.45, 2.75) is 6.54 Å². The Bertz CT molecular complexity index is 679. The molecule has 0 amide bonds. The Morgan fingerprint density at radius 3 is 2.78 bits per heavy atom. The molecule has 2 rings (SSSR count). The number of pyridine rings is 1. The van der Waals surface area contributed by atoms with Gasteiger partial charge in [0.15, 0.2) is 0 Å². The molecule has 0 aliphatic carbocycles. The summed E-state index contributed by atoms with van der Waals surface area (Å²) in [5.41, 5.74) is 1.38. The highest BCUT2D eigenvalue weighted by Gasteiger charge is 2.13. The highest BCUT2D eigenvalue weighted by molar-refractivity contribution is 6.30. The second-order valence-electron chi connectivity index (χ2n) is 4.93. The molecule has 0 fully saturated rings. The minimum Gasteiger partial charge on any atom is -0.395 e. The maximum atomic E-state index is 11.0. The minimum absolute atomic E-state index is 0.0150. The predicted molar refractivity (Wildman–Crippen MR) is 90.0 cm³/mol. The van der Waals surface area contributed by atoms with Crippen molar-refractivity contribution in [3.05, 3.63) is 57.2 Å². The fourth-order valence-electron chi connectivity index (χ4n) is 2.06. The van der Waals surface area contributed by atoms with E-state index in [1.54, 1.807) is 18.3 Å². The number of anilines is 2. The van der Waals surface area contributed by atoms with Gasteiger partial charge in [-0.25, -0.2) is 4.98 Å². The molecule has 122 valence electrons. The van der Waals surface area contributed by atoms with Gasteiger partial charge in [-0.05, 0) is 24.3 Å². The Balaban J connectivity index is 2.06. The van der Waals surface area contributed by atoms with Crippen LogP contribution >= 0.6 is 11.6 Å². The summed E-state index contributed by atoms with van der Waals surface area (Å²) in [6.45, 7) is 0.827. The third-order valence-electron chi connectivity index (χ3n) is 3.32. The zero-order valence-corrected chi connectivity index (χ0v) is 13.3. The van der Waals surface area contributed by atoms with Gasteiger partial charge in [0.2, 0.25) is 0 Å². The Morgan fingerprint density at radius 2 is 2.17 bits per heavy atom. The van der Waals surface area contributed by atoms with Crippen LogP contribution in [-0.2, 0) is 6.54 Å². The van der Waals surface area contributed by atoms with Crippen molar-refractivity contribution < 1.29 is 10.0 Å². The molecule has 0 unspecified atom stereocenters. The molecule has 0 aliphatic heterocycles. The Labute approximate surface area is 138 Å². The second kappa shape index (κ2) is 7.75. The number of hydrogen-bond donors (Lipinski definition) is 2. The van der Waals surface area contributed by atoms with Crippen LogP contribution in [-0.4, -0.2) is 35.2 Å². The van der Waals surface area contributed by atoms with Crippen molar-refractivity contribution in [2.24, 2.45) is 0 Å². The SMILES string of the molecule is CN(CCO)c1ccc(NCc2cc(Cl)ccc2[N+](=O)[O-])nc1. The van der Waals surface area contributed by atoms with Gasteiger partial charge in [-0.2, -0.15) is 0 Å². The first-order chi connectivity index (χ1) is 11.0. The number of nitro benzene ring substituents is 1. The average molecular weight is 337 g/mol.